The highest BCUT2D eigenvalue weighted by molar-refractivity contribution is 5.90. The predicted molar refractivity (Wildman–Crippen MR) is 148 cm³/mol. The SMILES string of the molecule is Cl.N#CC1(c2ccc(-c3c(F)cc(N4C[C@@H](Cn5ccnn5)OC4=O)cc3F)cn2)[C@@H]2CN(C(=O)[C@@H]3C[C@@H](O)CN3)C[C@@H]21. The van der Waals surface area contributed by atoms with Crippen molar-refractivity contribution in [3.63, 3.8) is 0 Å². The van der Waals surface area contributed by atoms with Crippen LogP contribution in [-0.2, 0) is 21.5 Å². The number of hydrogen-bond acceptors (Lipinski definition) is 9. The second-order valence-corrected chi connectivity index (χ2v) is 11.2. The molecule has 0 spiro atoms. The summed E-state index contributed by atoms with van der Waals surface area (Å²) in [5.74, 6) is -1.98. The second kappa shape index (κ2) is 10.8. The van der Waals surface area contributed by atoms with Crippen LogP contribution in [-0.4, -0.2) is 86.4 Å². The predicted octanol–water partition coefficient (Wildman–Crippen LogP) is 1.64. The fourth-order valence-corrected chi connectivity index (χ4v) is 6.68. The quantitative estimate of drug-likeness (QED) is 0.424. The zero-order valence-electron chi connectivity index (χ0n) is 22.6. The number of carbonyl (C=O) groups is 2. The molecule has 12 nitrogen and oxygen atoms in total. The van der Waals surface area contributed by atoms with Crippen LogP contribution < -0.4 is 10.2 Å². The molecule has 15 heteroatoms. The molecule has 3 aromatic rings. The van der Waals surface area contributed by atoms with Gasteiger partial charge in [-0.1, -0.05) is 11.3 Å². The zero-order valence-corrected chi connectivity index (χ0v) is 23.5. The Morgan fingerprint density at radius 1 is 1.21 bits per heavy atom. The molecular weight excluding hydrogens is 586 g/mol. The fraction of sp³-hybridized carbons (Fsp3) is 0.429. The molecule has 1 unspecified atom stereocenters. The van der Waals surface area contributed by atoms with Crippen LogP contribution in [0.3, 0.4) is 0 Å². The van der Waals surface area contributed by atoms with Gasteiger partial charge >= 0.3 is 6.09 Å². The first-order chi connectivity index (χ1) is 20.3. The lowest BCUT2D eigenvalue weighted by molar-refractivity contribution is -0.132. The number of aliphatic hydroxyl groups is 1. The molecule has 5 heterocycles. The van der Waals surface area contributed by atoms with E-state index in [-0.39, 0.29) is 60.1 Å². The first kappa shape index (κ1) is 28.9. The molecule has 4 fully saturated rings. The first-order valence-electron chi connectivity index (χ1n) is 13.7. The van der Waals surface area contributed by atoms with E-state index in [9.17, 15) is 20.0 Å². The Balaban J connectivity index is 0.00000329. The molecule has 3 saturated heterocycles. The Morgan fingerprint density at radius 3 is 2.53 bits per heavy atom. The van der Waals surface area contributed by atoms with Crippen LogP contribution in [0.25, 0.3) is 11.1 Å². The summed E-state index contributed by atoms with van der Waals surface area (Å²) in [7, 11) is 0. The van der Waals surface area contributed by atoms with Crippen molar-refractivity contribution in [2.24, 2.45) is 11.8 Å². The highest BCUT2D eigenvalue weighted by atomic mass is 35.5. The molecule has 2 N–H and O–H groups in total. The van der Waals surface area contributed by atoms with Crippen molar-refractivity contribution in [1.29, 1.82) is 5.26 Å². The van der Waals surface area contributed by atoms with Gasteiger partial charge in [0.25, 0.3) is 0 Å². The molecule has 1 aromatic carbocycles. The third-order valence-electron chi connectivity index (χ3n) is 8.83. The summed E-state index contributed by atoms with van der Waals surface area (Å²) in [6, 6.07) is 7.27. The van der Waals surface area contributed by atoms with E-state index >= 15 is 8.78 Å². The Hall–Kier alpha value is -4.19. The average Bonchev–Trinajstić information content (AvgIpc) is 3.62. The van der Waals surface area contributed by atoms with E-state index in [1.54, 1.807) is 17.2 Å². The molecule has 1 saturated carbocycles. The molecule has 7 rings (SSSR count). The fourth-order valence-electron chi connectivity index (χ4n) is 6.68. The molecule has 4 aliphatic rings. The Morgan fingerprint density at radius 2 is 1.95 bits per heavy atom. The second-order valence-electron chi connectivity index (χ2n) is 11.2. The van der Waals surface area contributed by atoms with Gasteiger partial charge in [0, 0.05) is 49.4 Å². The summed E-state index contributed by atoms with van der Waals surface area (Å²) in [4.78, 5) is 32.6. The minimum absolute atomic E-state index is 0. The van der Waals surface area contributed by atoms with Crippen molar-refractivity contribution < 1.29 is 28.2 Å². The molecule has 3 aliphatic heterocycles. The average molecular weight is 613 g/mol. The van der Waals surface area contributed by atoms with E-state index in [1.807, 2.05) is 0 Å². The molecule has 2 aromatic heterocycles. The monoisotopic (exact) mass is 612 g/mol. The number of pyridine rings is 1. The molecule has 6 atom stereocenters. The molecule has 224 valence electrons. The van der Waals surface area contributed by atoms with Crippen LogP contribution in [0.4, 0.5) is 19.3 Å². The van der Waals surface area contributed by atoms with Gasteiger partial charge in [0.15, 0.2) is 0 Å². The van der Waals surface area contributed by atoms with Gasteiger partial charge in [0.2, 0.25) is 5.91 Å². The molecule has 43 heavy (non-hydrogen) atoms. The van der Waals surface area contributed by atoms with Crippen LogP contribution in [0.5, 0.6) is 0 Å². The number of piperidine rings is 1. The summed E-state index contributed by atoms with van der Waals surface area (Å²) in [5.41, 5.74) is -0.442. The summed E-state index contributed by atoms with van der Waals surface area (Å²) < 4.78 is 37.4. The van der Waals surface area contributed by atoms with Crippen LogP contribution in [0.15, 0.2) is 42.9 Å². The summed E-state index contributed by atoms with van der Waals surface area (Å²) in [6.07, 6.45) is 3.01. The summed E-state index contributed by atoms with van der Waals surface area (Å²) >= 11 is 0. The van der Waals surface area contributed by atoms with E-state index in [0.29, 0.717) is 31.7 Å². The number of aliphatic hydroxyl groups excluding tert-OH is 1. The zero-order chi connectivity index (χ0) is 29.2. The molecule has 1 aliphatic carbocycles. The smallest absolute Gasteiger partial charge is 0.414 e. The van der Waals surface area contributed by atoms with Gasteiger partial charge in [0.1, 0.15) is 23.2 Å². The number of ether oxygens (including phenoxy) is 1. The minimum atomic E-state index is -0.870. The number of fused-ring (bicyclic) bond motifs is 1. The molecule has 0 bridgehead atoms. The summed E-state index contributed by atoms with van der Waals surface area (Å²) in [6.45, 7) is 1.56. The normalized spacial score (nSPS) is 29.2. The van der Waals surface area contributed by atoms with Crippen molar-refractivity contribution in [3.05, 3.63) is 60.2 Å². The third-order valence-corrected chi connectivity index (χ3v) is 8.83. The van der Waals surface area contributed by atoms with Crippen molar-refractivity contribution in [3.8, 4) is 17.2 Å². The molecule has 2 amide bonds. The van der Waals surface area contributed by atoms with Gasteiger partial charge in [-0.25, -0.2) is 18.3 Å². The maximum absolute atomic E-state index is 15.3. The van der Waals surface area contributed by atoms with Crippen LogP contribution in [0.2, 0.25) is 0 Å². The van der Waals surface area contributed by atoms with E-state index in [0.717, 1.165) is 12.1 Å². The van der Waals surface area contributed by atoms with Gasteiger partial charge in [0.05, 0.1) is 54.4 Å². The molecule has 0 radical (unpaired) electrons. The number of cyclic esters (lactones) is 1. The topological polar surface area (TPSA) is 149 Å². The summed E-state index contributed by atoms with van der Waals surface area (Å²) in [5, 5.41) is 30.4. The Bertz CT molecular complexity index is 1570. The number of nitrogens with one attached hydrogen (secondary N) is 1. The van der Waals surface area contributed by atoms with Gasteiger partial charge in [-0.2, -0.15) is 5.26 Å². The number of amides is 2. The number of benzene rings is 1. The van der Waals surface area contributed by atoms with Crippen LogP contribution in [0.1, 0.15) is 12.1 Å². The number of β-amino-alcohol motifs (C(OH)–C–C–N with tert-alkyl or cyclic N) is 1. The number of nitriles is 1. The lowest BCUT2D eigenvalue weighted by atomic mass is 9.95. The number of nitrogens with zero attached hydrogens (tertiary/aromatic N) is 7. The van der Waals surface area contributed by atoms with Crippen molar-refractivity contribution in [1.82, 2.24) is 30.2 Å². The number of aromatic nitrogens is 4. The standard InChI is InChI=1S/C28H26F2N8O4.ClH/c29-21-5-16(38-11-18(42-27(38)41)10-37-4-3-34-35-37)6-22(30)25(21)15-1-2-24(33-8-15)28(14-31)19-12-36(13-20(19)28)26(40)23-7-17(39)9-32-23;/h1-6,8,17-20,23,32,39H,7,9-13H2;1H/t17-,18-,19-,20+,23+,28?;/m1./s1. The van der Waals surface area contributed by atoms with Crippen LogP contribution in [0, 0.1) is 34.8 Å². The van der Waals surface area contributed by atoms with Crippen molar-refractivity contribution in [2.45, 2.75) is 36.6 Å². The van der Waals surface area contributed by atoms with Gasteiger partial charge in [-0.15, -0.1) is 17.5 Å². The van der Waals surface area contributed by atoms with Crippen molar-refractivity contribution >= 4 is 30.1 Å². The number of halogens is 3. The van der Waals surface area contributed by atoms with E-state index in [4.69, 9.17) is 4.74 Å². The lowest BCUT2D eigenvalue weighted by Gasteiger charge is -2.25. The van der Waals surface area contributed by atoms with Gasteiger partial charge in [-0.05, 0) is 24.6 Å². The van der Waals surface area contributed by atoms with E-state index < -0.39 is 41.4 Å². The minimum Gasteiger partial charge on any atom is -0.442 e. The lowest BCUT2D eigenvalue weighted by Crippen LogP contribution is -2.44. The number of carbonyl (C=O) groups excluding carboxylic acids is 2. The van der Waals surface area contributed by atoms with Gasteiger partial charge in [-0.3, -0.25) is 14.7 Å². The van der Waals surface area contributed by atoms with Crippen LogP contribution >= 0.6 is 12.4 Å². The Kier molecular flexibility index (Phi) is 7.27. The van der Waals surface area contributed by atoms with E-state index in [2.05, 4.69) is 26.7 Å². The number of rotatable bonds is 6. The first-order valence-corrected chi connectivity index (χ1v) is 13.7. The third kappa shape index (κ3) is 4.77. The van der Waals surface area contributed by atoms with Gasteiger partial charge < -0.3 is 20.1 Å². The molecular formula is C28H27ClF2N8O4. The maximum Gasteiger partial charge on any atom is 0.414 e. The highest BCUT2D eigenvalue weighted by Crippen LogP contribution is 2.62. The van der Waals surface area contributed by atoms with E-state index in [1.165, 1.54) is 28.0 Å². The Labute approximate surface area is 250 Å². The largest absolute Gasteiger partial charge is 0.442 e. The number of hydrogen-bond donors (Lipinski definition) is 2. The maximum atomic E-state index is 15.3. The number of anilines is 1. The highest BCUT2D eigenvalue weighted by Gasteiger charge is 2.71. The number of likely N-dealkylation sites (tertiary alicyclic amines) is 1. The van der Waals surface area contributed by atoms with Crippen molar-refractivity contribution in [2.75, 3.05) is 31.1 Å².